The first-order chi connectivity index (χ1) is 8.60. The van der Waals surface area contributed by atoms with Crippen molar-refractivity contribution in [3.05, 3.63) is 28.5 Å². The number of rotatable bonds is 4. The fraction of sp³-hybridized carbons (Fsp3) is 0.300. The monoisotopic (exact) mass is 353 g/mol. The highest BCUT2D eigenvalue weighted by molar-refractivity contribution is 9.10. The highest BCUT2D eigenvalue weighted by atomic mass is 79.9. The Morgan fingerprint density at radius 3 is 2.58 bits per heavy atom. The summed E-state index contributed by atoms with van der Waals surface area (Å²) in [5, 5.41) is 11.3. The molecule has 1 aromatic rings. The first-order valence-electron chi connectivity index (χ1n) is 5.07. The minimum Gasteiger partial charge on any atom is -0.409 e. The van der Waals surface area contributed by atoms with Crippen molar-refractivity contribution in [2.24, 2.45) is 10.9 Å². The largest absolute Gasteiger partial charge is 0.409 e. The molecule has 4 N–H and O–H groups in total. The van der Waals surface area contributed by atoms with Gasteiger partial charge in [-0.2, -0.15) is 4.72 Å². The topological polar surface area (TPSA) is 105 Å². The molecule has 6 nitrogen and oxygen atoms in total. The van der Waals surface area contributed by atoms with Gasteiger partial charge in [0, 0.05) is 4.47 Å². The van der Waals surface area contributed by atoms with E-state index < -0.39 is 26.3 Å². The lowest BCUT2D eigenvalue weighted by Crippen LogP contribution is -2.53. The van der Waals surface area contributed by atoms with Crippen molar-refractivity contribution in [1.82, 2.24) is 4.72 Å². The molecular formula is C10H13BrFN3O3S. The quantitative estimate of drug-likeness (QED) is 0.329. The predicted octanol–water partition coefficient (Wildman–Crippen LogP) is 1.39. The molecule has 0 aromatic heterocycles. The Balaban J connectivity index is 3.19. The number of sulfonamides is 1. The standard InChI is InChI=1S/C10H13BrFN3O3S/c1-10(2,9(13)14-16)15-19(17,18)8-4-3-6(11)5-7(8)12/h3-5,15-16H,1-2H3,(H2,13,14). The van der Waals surface area contributed by atoms with Gasteiger partial charge in [-0.25, -0.2) is 12.8 Å². The zero-order chi connectivity index (χ0) is 14.8. The third-order valence-corrected chi connectivity index (χ3v) is 4.50. The van der Waals surface area contributed by atoms with E-state index in [1.807, 2.05) is 0 Å². The summed E-state index contributed by atoms with van der Waals surface area (Å²) in [5.41, 5.74) is 4.02. The van der Waals surface area contributed by atoms with Crippen LogP contribution in [0.5, 0.6) is 0 Å². The molecule has 0 amide bonds. The SMILES string of the molecule is CC(C)(NS(=O)(=O)c1ccc(Br)cc1F)/C(N)=N/O. The molecule has 0 bridgehead atoms. The van der Waals surface area contributed by atoms with Gasteiger partial charge in [0.05, 0.1) is 5.54 Å². The summed E-state index contributed by atoms with van der Waals surface area (Å²) in [4.78, 5) is -0.519. The van der Waals surface area contributed by atoms with Gasteiger partial charge >= 0.3 is 0 Å². The van der Waals surface area contributed by atoms with Crippen LogP contribution in [-0.4, -0.2) is 25.0 Å². The summed E-state index contributed by atoms with van der Waals surface area (Å²) in [5.74, 6) is -1.24. The number of nitrogens with two attached hydrogens (primary N) is 1. The molecule has 0 aliphatic heterocycles. The van der Waals surface area contributed by atoms with Crippen LogP contribution in [0.4, 0.5) is 4.39 Å². The summed E-state index contributed by atoms with van der Waals surface area (Å²) < 4.78 is 40.3. The van der Waals surface area contributed by atoms with E-state index in [2.05, 4.69) is 25.8 Å². The maximum absolute atomic E-state index is 13.6. The van der Waals surface area contributed by atoms with Crippen LogP contribution in [-0.2, 0) is 10.0 Å². The number of nitrogens with one attached hydrogen (secondary N) is 1. The Bertz CT molecular complexity index is 616. The van der Waals surface area contributed by atoms with Gasteiger partial charge in [0.15, 0.2) is 5.84 Å². The molecule has 1 rings (SSSR count). The van der Waals surface area contributed by atoms with Gasteiger partial charge < -0.3 is 10.9 Å². The summed E-state index contributed by atoms with van der Waals surface area (Å²) >= 11 is 3.03. The Labute approximate surface area is 118 Å². The van der Waals surface area contributed by atoms with E-state index in [4.69, 9.17) is 10.9 Å². The highest BCUT2D eigenvalue weighted by Crippen LogP contribution is 2.20. The molecule has 9 heteroatoms. The zero-order valence-corrected chi connectivity index (χ0v) is 12.6. The van der Waals surface area contributed by atoms with Crippen LogP contribution in [0.1, 0.15) is 13.8 Å². The number of halogens is 2. The van der Waals surface area contributed by atoms with Crippen LogP contribution < -0.4 is 10.5 Å². The maximum Gasteiger partial charge on any atom is 0.244 e. The number of oxime groups is 1. The van der Waals surface area contributed by atoms with Crippen molar-refractivity contribution in [3.63, 3.8) is 0 Å². The second-order valence-electron chi connectivity index (χ2n) is 4.29. The maximum atomic E-state index is 13.6. The molecule has 0 spiro atoms. The highest BCUT2D eigenvalue weighted by Gasteiger charge is 2.31. The molecule has 0 unspecified atom stereocenters. The lowest BCUT2D eigenvalue weighted by atomic mass is 10.1. The Morgan fingerprint density at radius 2 is 2.11 bits per heavy atom. The van der Waals surface area contributed by atoms with Crippen molar-refractivity contribution in [3.8, 4) is 0 Å². The van der Waals surface area contributed by atoms with Crippen molar-refractivity contribution in [2.45, 2.75) is 24.3 Å². The van der Waals surface area contributed by atoms with E-state index in [1.54, 1.807) is 0 Å². The molecule has 0 aliphatic rings. The molecule has 19 heavy (non-hydrogen) atoms. The van der Waals surface area contributed by atoms with Crippen LogP contribution in [0.15, 0.2) is 32.7 Å². The van der Waals surface area contributed by atoms with E-state index in [9.17, 15) is 12.8 Å². The van der Waals surface area contributed by atoms with Gasteiger partial charge in [-0.05, 0) is 32.0 Å². The van der Waals surface area contributed by atoms with E-state index in [0.29, 0.717) is 4.47 Å². The van der Waals surface area contributed by atoms with Crippen LogP contribution in [0.2, 0.25) is 0 Å². The summed E-state index contributed by atoms with van der Waals surface area (Å²) in [6.45, 7) is 2.77. The third kappa shape index (κ3) is 3.64. The molecule has 0 fully saturated rings. The second kappa shape index (κ2) is 5.43. The number of hydrogen-bond acceptors (Lipinski definition) is 4. The zero-order valence-electron chi connectivity index (χ0n) is 10.2. The van der Waals surface area contributed by atoms with Gasteiger partial charge in [-0.15, -0.1) is 0 Å². The lowest BCUT2D eigenvalue weighted by Gasteiger charge is -2.24. The van der Waals surface area contributed by atoms with Crippen molar-refractivity contribution >= 4 is 31.8 Å². The van der Waals surface area contributed by atoms with Crippen LogP contribution in [0.25, 0.3) is 0 Å². The second-order valence-corrected chi connectivity index (χ2v) is 6.86. The minimum atomic E-state index is -4.14. The van der Waals surface area contributed by atoms with E-state index >= 15 is 0 Å². The smallest absolute Gasteiger partial charge is 0.244 e. The number of nitrogens with zero attached hydrogens (tertiary/aromatic N) is 1. The number of amidine groups is 1. The van der Waals surface area contributed by atoms with Gasteiger partial charge in [0.1, 0.15) is 10.7 Å². The molecule has 0 heterocycles. The minimum absolute atomic E-state index is 0.339. The Hall–Kier alpha value is -1.19. The fourth-order valence-corrected chi connectivity index (χ4v) is 3.04. The summed E-state index contributed by atoms with van der Waals surface area (Å²) in [6.07, 6.45) is 0. The molecule has 0 radical (unpaired) electrons. The third-order valence-electron chi connectivity index (χ3n) is 2.32. The van der Waals surface area contributed by atoms with Gasteiger partial charge in [-0.3, -0.25) is 0 Å². The van der Waals surface area contributed by atoms with Gasteiger partial charge in [0.2, 0.25) is 10.0 Å². The predicted molar refractivity (Wildman–Crippen MR) is 71.9 cm³/mol. The molecular weight excluding hydrogens is 341 g/mol. The fourth-order valence-electron chi connectivity index (χ4n) is 1.26. The summed E-state index contributed by atoms with van der Waals surface area (Å²) in [6, 6.07) is 3.54. The van der Waals surface area contributed by atoms with Crippen molar-refractivity contribution < 1.29 is 18.0 Å². The summed E-state index contributed by atoms with van der Waals surface area (Å²) in [7, 11) is -4.14. The van der Waals surface area contributed by atoms with E-state index in [0.717, 1.165) is 12.1 Å². The molecule has 0 saturated heterocycles. The van der Waals surface area contributed by atoms with E-state index in [1.165, 1.54) is 19.9 Å². The lowest BCUT2D eigenvalue weighted by molar-refractivity contribution is 0.312. The molecule has 0 saturated carbocycles. The Morgan fingerprint density at radius 1 is 1.53 bits per heavy atom. The van der Waals surface area contributed by atoms with Crippen LogP contribution >= 0.6 is 15.9 Å². The first-order valence-corrected chi connectivity index (χ1v) is 7.35. The average molecular weight is 354 g/mol. The molecule has 0 aliphatic carbocycles. The van der Waals surface area contributed by atoms with E-state index in [-0.39, 0.29) is 5.84 Å². The average Bonchev–Trinajstić information content (AvgIpc) is 2.25. The first kappa shape index (κ1) is 15.9. The van der Waals surface area contributed by atoms with Gasteiger partial charge in [-0.1, -0.05) is 21.1 Å². The Kier molecular flexibility index (Phi) is 4.54. The number of hydrogen-bond donors (Lipinski definition) is 3. The molecule has 1 aromatic carbocycles. The number of benzene rings is 1. The normalized spacial score (nSPS) is 13.6. The van der Waals surface area contributed by atoms with Crippen molar-refractivity contribution in [1.29, 1.82) is 0 Å². The van der Waals surface area contributed by atoms with Gasteiger partial charge in [0.25, 0.3) is 0 Å². The van der Waals surface area contributed by atoms with Crippen LogP contribution in [0, 0.1) is 5.82 Å². The van der Waals surface area contributed by atoms with Crippen molar-refractivity contribution in [2.75, 3.05) is 0 Å². The van der Waals surface area contributed by atoms with Crippen LogP contribution in [0.3, 0.4) is 0 Å². The molecule has 106 valence electrons. The molecule has 0 atom stereocenters.